The van der Waals surface area contributed by atoms with Crippen molar-refractivity contribution in [3.05, 3.63) is 22.9 Å². The second-order valence-electron chi connectivity index (χ2n) is 4.88. The van der Waals surface area contributed by atoms with Crippen molar-refractivity contribution in [2.75, 3.05) is 0 Å². The molecule has 0 unspecified atom stereocenters. The molecule has 5 nitrogen and oxygen atoms in total. The first kappa shape index (κ1) is 11.9. The standard InChI is InChI=1S/C12H15BrN4O/c13-17-11-10(14-6-7-15-11)16(12(17)18)8-9-4-2-1-3-5-9/h6-7,9H,1-5,8H2. The lowest BCUT2D eigenvalue weighted by molar-refractivity contribution is 0.319. The number of nitrogens with zero attached hydrogens (tertiary/aromatic N) is 4. The van der Waals surface area contributed by atoms with Crippen molar-refractivity contribution in [1.29, 1.82) is 0 Å². The van der Waals surface area contributed by atoms with Crippen LogP contribution in [-0.4, -0.2) is 18.1 Å². The van der Waals surface area contributed by atoms with Crippen LogP contribution in [0.2, 0.25) is 0 Å². The van der Waals surface area contributed by atoms with Gasteiger partial charge in [-0.25, -0.2) is 18.4 Å². The number of rotatable bonds is 2. The topological polar surface area (TPSA) is 52.7 Å². The van der Waals surface area contributed by atoms with E-state index in [1.54, 1.807) is 17.0 Å². The van der Waals surface area contributed by atoms with Crippen LogP contribution in [0.15, 0.2) is 17.2 Å². The van der Waals surface area contributed by atoms with Gasteiger partial charge in [0.25, 0.3) is 0 Å². The lowest BCUT2D eigenvalue weighted by Crippen LogP contribution is -2.25. The Hall–Kier alpha value is -1.17. The van der Waals surface area contributed by atoms with Gasteiger partial charge in [0, 0.05) is 18.9 Å². The van der Waals surface area contributed by atoms with Crippen LogP contribution in [0.4, 0.5) is 0 Å². The Balaban J connectivity index is 2.00. The quantitative estimate of drug-likeness (QED) is 0.855. The van der Waals surface area contributed by atoms with E-state index in [0.29, 0.717) is 17.2 Å². The maximum Gasteiger partial charge on any atom is 0.341 e. The van der Waals surface area contributed by atoms with Crippen molar-refractivity contribution < 1.29 is 0 Å². The maximum atomic E-state index is 12.2. The number of aromatic nitrogens is 4. The summed E-state index contributed by atoms with van der Waals surface area (Å²) in [6.45, 7) is 0.757. The third-order valence-electron chi connectivity index (χ3n) is 3.67. The van der Waals surface area contributed by atoms with E-state index in [-0.39, 0.29) is 5.69 Å². The Labute approximate surface area is 113 Å². The van der Waals surface area contributed by atoms with E-state index in [4.69, 9.17) is 0 Å². The zero-order chi connectivity index (χ0) is 12.5. The van der Waals surface area contributed by atoms with Crippen LogP contribution in [0.1, 0.15) is 32.1 Å². The molecule has 0 N–H and O–H groups in total. The molecule has 2 heterocycles. The molecule has 0 atom stereocenters. The van der Waals surface area contributed by atoms with Crippen LogP contribution in [0.3, 0.4) is 0 Å². The minimum Gasteiger partial charge on any atom is -0.274 e. The Morgan fingerprint density at radius 1 is 1.17 bits per heavy atom. The molecule has 0 amide bonds. The van der Waals surface area contributed by atoms with Gasteiger partial charge in [-0.05, 0) is 18.8 Å². The summed E-state index contributed by atoms with van der Waals surface area (Å²) in [6, 6.07) is 0. The Bertz CT molecular complexity index is 612. The normalized spacial score (nSPS) is 17.4. The molecule has 0 radical (unpaired) electrons. The molecule has 1 saturated carbocycles. The molecule has 18 heavy (non-hydrogen) atoms. The number of hydrogen-bond donors (Lipinski definition) is 0. The molecule has 96 valence electrons. The number of halogens is 1. The monoisotopic (exact) mass is 310 g/mol. The van der Waals surface area contributed by atoms with Gasteiger partial charge in [-0.15, -0.1) is 0 Å². The van der Waals surface area contributed by atoms with E-state index in [0.717, 1.165) is 6.54 Å². The van der Waals surface area contributed by atoms with E-state index in [9.17, 15) is 4.79 Å². The van der Waals surface area contributed by atoms with Crippen molar-refractivity contribution in [1.82, 2.24) is 18.1 Å². The van der Waals surface area contributed by atoms with Crippen LogP contribution in [-0.2, 0) is 6.54 Å². The molecule has 6 heteroatoms. The van der Waals surface area contributed by atoms with Crippen molar-refractivity contribution >= 4 is 27.4 Å². The summed E-state index contributed by atoms with van der Waals surface area (Å²) in [5.74, 6) is 0.594. The fraction of sp³-hybridized carbons (Fsp3) is 0.583. The summed E-state index contributed by atoms with van der Waals surface area (Å²) in [4.78, 5) is 20.6. The lowest BCUT2D eigenvalue weighted by atomic mass is 9.89. The van der Waals surface area contributed by atoms with Crippen LogP contribution >= 0.6 is 16.1 Å². The molecule has 1 aliphatic carbocycles. The lowest BCUT2D eigenvalue weighted by Gasteiger charge is -2.21. The fourth-order valence-electron chi connectivity index (χ4n) is 2.73. The number of imidazole rings is 1. The second-order valence-corrected chi connectivity index (χ2v) is 5.59. The van der Waals surface area contributed by atoms with Gasteiger partial charge in [0.1, 0.15) is 0 Å². The average molecular weight is 311 g/mol. The summed E-state index contributed by atoms with van der Waals surface area (Å²) in [7, 11) is 0. The summed E-state index contributed by atoms with van der Waals surface area (Å²) in [5, 5.41) is 0. The molecule has 1 aliphatic rings. The minimum absolute atomic E-state index is 0.0817. The van der Waals surface area contributed by atoms with E-state index in [1.165, 1.54) is 35.7 Å². The third-order valence-corrected chi connectivity index (χ3v) is 4.31. The van der Waals surface area contributed by atoms with Crippen molar-refractivity contribution in [2.24, 2.45) is 5.92 Å². The summed E-state index contributed by atoms with van der Waals surface area (Å²) in [6.07, 6.45) is 9.53. The maximum absolute atomic E-state index is 12.2. The SMILES string of the molecule is O=c1n(Br)c2nccnc2n1CC1CCCCC1. The van der Waals surface area contributed by atoms with Gasteiger partial charge in [0.2, 0.25) is 0 Å². The predicted molar refractivity (Wildman–Crippen MR) is 72.7 cm³/mol. The molecule has 0 aromatic carbocycles. The summed E-state index contributed by atoms with van der Waals surface area (Å²) < 4.78 is 3.14. The second kappa shape index (κ2) is 4.84. The highest BCUT2D eigenvalue weighted by atomic mass is 79.9. The molecule has 2 aromatic heterocycles. The summed E-state index contributed by atoms with van der Waals surface area (Å²) >= 11 is 3.25. The highest BCUT2D eigenvalue weighted by Gasteiger charge is 2.19. The number of hydrogen-bond acceptors (Lipinski definition) is 3. The van der Waals surface area contributed by atoms with Gasteiger partial charge >= 0.3 is 5.69 Å². The molecule has 0 bridgehead atoms. The zero-order valence-corrected chi connectivity index (χ0v) is 11.6. The van der Waals surface area contributed by atoms with E-state index in [1.807, 2.05) is 0 Å². The molecule has 1 fully saturated rings. The van der Waals surface area contributed by atoms with Crippen LogP contribution in [0.5, 0.6) is 0 Å². The van der Waals surface area contributed by atoms with Crippen LogP contribution in [0.25, 0.3) is 11.3 Å². The van der Waals surface area contributed by atoms with Gasteiger partial charge in [-0.3, -0.25) is 4.57 Å². The van der Waals surface area contributed by atoms with Gasteiger partial charge in [-0.2, -0.15) is 0 Å². The molecular weight excluding hydrogens is 296 g/mol. The third kappa shape index (κ3) is 1.98. The average Bonchev–Trinajstić information content (AvgIpc) is 2.66. The van der Waals surface area contributed by atoms with Crippen molar-refractivity contribution in [3.63, 3.8) is 0 Å². The van der Waals surface area contributed by atoms with Crippen LogP contribution in [0, 0.1) is 5.92 Å². The van der Waals surface area contributed by atoms with Crippen molar-refractivity contribution in [3.8, 4) is 0 Å². The minimum atomic E-state index is -0.0817. The van der Waals surface area contributed by atoms with Crippen molar-refractivity contribution in [2.45, 2.75) is 38.6 Å². The Morgan fingerprint density at radius 3 is 2.56 bits per heavy atom. The van der Waals surface area contributed by atoms with Crippen LogP contribution < -0.4 is 5.69 Å². The summed E-state index contributed by atoms with van der Waals surface area (Å²) in [5.41, 5.74) is 1.19. The Kier molecular flexibility index (Phi) is 3.20. The molecule has 0 saturated heterocycles. The highest BCUT2D eigenvalue weighted by Crippen LogP contribution is 2.25. The molecule has 3 rings (SSSR count). The van der Waals surface area contributed by atoms with Gasteiger partial charge in [0.05, 0.1) is 16.1 Å². The first-order valence-electron chi connectivity index (χ1n) is 6.36. The highest BCUT2D eigenvalue weighted by molar-refractivity contribution is 9.08. The van der Waals surface area contributed by atoms with E-state index >= 15 is 0 Å². The van der Waals surface area contributed by atoms with E-state index in [2.05, 4.69) is 26.1 Å². The molecular formula is C12H15BrN4O. The zero-order valence-electron chi connectivity index (χ0n) is 10.0. The smallest absolute Gasteiger partial charge is 0.274 e. The van der Waals surface area contributed by atoms with Gasteiger partial charge < -0.3 is 0 Å². The molecule has 0 aliphatic heterocycles. The molecule has 2 aromatic rings. The van der Waals surface area contributed by atoms with Gasteiger partial charge in [0.15, 0.2) is 11.3 Å². The fourth-order valence-corrected chi connectivity index (χ4v) is 3.17. The first-order chi connectivity index (χ1) is 8.77. The molecule has 0 spiro atoms. The Morgan fingerprint density at radius 2 is 1.83 bits per heavy atom. The first-order valence-corrected chi connectivity index (χ1v) is 7.06. The van der Waals surface area contributed by atoms with E-state index < -0.39 is 0 Å². The van der Waals surface area contributed by atoms with Gasteiger partial charge in [-0.1, -0.05) is 19.3 Å². The largest absolute Gasteiger partial charge is 0.341 e. The number of fused-ring (bicyclic) bond motifs is 1. The predicted octanol–water partition coefficient (Wildman–Crippen LogP) is 2.33.